The molecule has 3 rings (SSSR count). The highest BCUT2D eigenvalue weighted by molar-refractivity contribution is 5.83. The molecular weight excluding hydrogens is 438 g/mol. The van der Waals surface area contributed by atoms with Gasteiger partial charge >= 0.3 is 12.1 Å². The molecule has 1 amide bonds. The van der Waals surface area contributed by atoms with Gasteiger partial charge < -0.3 is 25.0 Å². The average Bonchev–Trinajstić information content (AvgIpc) is 2.82. The first-order valence-corrected chi connectivity index (χ1v) is 10.7. The number of nitrogens with one attached hydrogen (secondary N) is 1. The van der Waals surface area contributed by atoms with Crippen molar-refractivity contribution in [3.63, 3.8) is 0 Å². The van der Waals surface area contributed by atoms with E-state index in [1.807, 2.05) is 30.3 Å². The lowest BCUT2D eigenvalue weighted by Gasteiger charge is -2.25. The van der Waals surface area contributed by atoms with Gasteiger partial charge in [-0.2, -0.15) is 0 Å². The van der Waals surface area contributed by atoms with Crippen molar-refractivity contribution in [1.82, 2.24) is 4.90 Å². The lowest BCUT2D eigenvalue weighted by molar-refractivity contribution is -0.137. The number of hydrogen-bond acceptors (Lipinski definition) is 7. The first-order chi connectivity index (χ1) is 16.2. The molecule has 0 fully saturated rings. The quantitative estimate of drug-likeness (QED) is 0.438. The number of carbonyl (C=O) groups is 2. The monoisotopic (exact) mass is 465 g/mol. The number of rotatable bonds is 10. The van der Waals surface area contributed by atoms with Crippen LogP contribution in [0.5, 0.6) is 5.75 Å². The summed E-state index contributed by atoms with van der Waals surface area (Å²) in [5, 5.41) is 12.4. The van der Waals surface area contributed by atoms with E-state index in [2.05, 4.69) is 5.32 Å². The molecule has 0 aliphatic rings. The molecule has 3 aromatic rings. The number of nitrogens with zero attached hydrogens (tertiary/aromatic N) is 2. The van der Waals surface area contributed by atoms with E-state index in [9.17, 15) is 24.3 Å². The Morgan fingerprint density at radius 3 is 2.18 bits per heavy atom. The summed E-state index contributed by atoms with van der Waals surface area (Å²) in [7, 11) is 4.83. The van der Waals surface area contributed by atoms with Gasteiger partial charge in [-0.25, -0.2) is 9.59 Å². The van der Waals surface area contributed by atoms with Crippen molar-refractivity contribution in [3.8, 4) is 5.75 Å². The number of anilines is 2. The summed E-state index contributed by atoms with van der Waals surface area (Å²) in [5.41, 5.74) is 0.601. The Morgan fingerprint density at radius 2 is 1.59 bits per heavy atom. The maximum atomic E-state index is 12.2. The highest BCUT2D eigenvalue weighted by Crippen LogP contribution is 2.22. The lowest BCUT2D eigenvalue weighted by Crippen LogP contribution is -2.45. The zero-order valence-electron chi connectivity index (χ0n) is 19.3. The van der Waals surface area contributed by atoms with Crippen LogP contribution >= 0.6 is 0 Å². The van der Waals surface area contributed by atoms with Gasteiger partial charge in [-0.05, 0) is 29.7 Å². The van der Waals surface area contributed by atoms with Gasteiger partial charge in [-0.3, -0.25) is 9.59 Å². The Kier molecular flexibility index (Phi) is 7.68. The number of ether oxygens (including phenoxy) is 1. The number of likely N-dealkylation sites (N-methyl/N-ethyl adjacent to an activating group) is 1. The smallest absolute Gasteiger partial charge is 0.414 e. The van der Waals surface area contributed by atoms with Crippen LogP contribution in [0.2, 0.25) is 0 Å². The second-order valence-electron chi connectivity index (χ2n) is 8.18. The Balaban J connectivity index is 1.68. The van der Waals surface area contributed by atoms with Gasteiger partial charge in [0.1, 0.15) is 23.2 Å². The number of aliphatic carboxylic acids is 1. The molecule has 9 heteroatoms. The van der Waals surface area contributed by atoms with Gasteiger partial charge in [0, 0.05) is 34.1 Å². The highest BCUT2D eigenvalue weighted by atomic mass is 16.6. The predicted octanol–water partition coefficient (Wildman–Crippen LogP) is 2.13. The molecular formula is C25H27N3O6. The van der Waals surface area contributed by atoms with Crippen LogP contribution in [0.1, 0.15) is 11.1 Å². The molecule has 3 aromatic carbocycles. The molecule has 34 heavy (non-hydrogen) atoms. The van der Waals surface area contributed by atoms with Crippen molar-refractivity contribution >= 4 is 23.4 Å². The Labute approximate surface area is 196 Å². The maximum absolute atomic E-state index is 12.2. The number of carboxylic acid groups (broad SMARTS) is 1. The third-order valence-electron chi connectivity index (χ3n) is 5.40. The Hall–Kier alpha value is -4.14. The molecule has 0 bridgehead atoms. The van der Waals surface area contributed by atoms with Crippen molar-refractivity contribution in [1.29, 1.82) is 0 Å². The number of carbonyl (C=O) groups excluding carboxylic acids is 1. The number of benzene rings is 2. The van der Waals surface area contributed by atoms with E-state index in [0.717, 1.165) is 5.56 Å². The number of hydrogen-bond donors (Lipinski definition) is 2. The van der Waals surface area contributed by atoms with E-state index in [1.165, 1.54) is 4.90 Å². The van der Waals surface area contributed by atoms with Gasteiger partial charge in [0.2, 0.25) is 0 Å². The molecule has 0 aliphatic carbocycles. The third kappa shape index (κ3) is 5.80. The van der Waals surface area contributed by atoms with Crippen molar-refractivity contribution in [2.45, 2.75) is 18.9 Å². The SMILES string of the molecule is CN(C)C(=O)Oc1ccc(CC(Nc2c(N(C)CCc3ccccc3)c(=O)c2=O)C(=O)O)cc1. The van der Waals surface area contributed by atoms with Crippen LogP contribution in [-0.2, 0) is 17.6 Å². The Morgan fingerprint density at radius 1 is 0.941 bits per heavy atom. The van der Waals surface area contributed by atoms with Crippen molar-refractivity contribution in [3.05, 3.63) is 86.2 Å². The topological polar surface area (TPSA) is 116 Å². The normalized spacial score (nSPS) is 11.6. The molecule has 0 saturated heterocycles. The van der Waals surface area contributed by atoms with Crippen LogP contribution < -0.4 is 25.8 Å². The fraction of sp³-hybridized carbons (Fsp3) is 0.280. The zero-order chi connectivity index (χ0) is 24.8. The molecule has 0 spiro atoms. The minimum Gasteiger partial charge on any atom is -0.480 e. The van der Waals surface area contributed by atoms with E-state index in [1.54, 1.807) is 50.3 Å². The van der Waals surface area contributed by atoms with E-state index < -0.39 is 29.0 Å². The first-order valence-electron chi connectivity index (χ1n) is 10.7. The maximum Gasteiger partial charge on any atom is 0.414 e. The molecule has 178 valence electrons. The van der Waals surface area contributed by atoms with E-state index >= 15 is 0 Å². The predicted molar refractivity (Wildman–Crippen MR) is 130 cm³/mol. The van der Waals surface area contributed by atoms with Crippen molar-refractivity contribution in [2.75, 3.05) is 37.9 Å². The van der Waals surface area contributed by atoms with Gasteiger partial charge in [0.25, 0.3) is 10.9 Å². The standard InChI is InChI=1S/C25H27N3O6/c1-27(2)25(33)34-18-11-9-17(10-12-18)15-19(24(31)32)26-20-21(23(30)22(20)29)28(3)14-13-16-7-5-4-6-8-16/h4-12,19,26H,13-15H2,1-3H3,(H,31,32). The molecule has 2 N–H and O–H groups in total. The van der Waals surface area contributed by atoms with Crippen LogP contribution in [0, 0.1) is 0 Å². The summed E-state index contributed by atoms with van der Waals surface area (Å²) < 4.78 is 5.16. The van der Waals surface area contributed by atoms with Gasteiger partial charge in [-0.15, -0.1) is 0 Å². The highest BCUT2D eigenvalue weighted by Gasteiger charge is 2.28. The molecule has 0 aromatic heterocycles. The van der Waals surface area contributed by atoms with E-state index in [0.29, 0.717) is 24.3 Å². The van der Waals surface area contributed by atoms with Crippen LogP contribution in [0.15, 0.2) is 64.2 Å². The minimum atomic E-state index is -1.16. The summed E-state index contributed by atoms with van der Waals surface area (Å²) in [4.78, 5) is 50.9. The summed E-state index contributed by atoms with van der Waals surface area (Å²) in [6.45, 7) is 0.494. The molecule has 0 aliphatic heterocycles. The summed E-state index contributed by atoms with van der Waals surface area (Å²) >= 11 is 0. The summed E-state index contributed by atoms with van der Waals surface area (Å²) in [5.74, 6) is -0.832. The largest absolute Gasteiger partial charge is 0.480 e. The second kappa shape index (κ2) is 10.7. The fourth-order valence-electron chi connectivity index (χ4n) is 3.43. The van der Waals surface area contributed by atoms with Crippen molar-refractivity contribution in [2.24, 2.45) is 0 Å². The number of carboxylic acids is 1. The third-order valence-corrected chi connectivity index (χ3v) is 5.40. The molecule has 1 atom stereocenters. The minimum absolute atomic E-state index is 0.0181. The van der Waals surface area contributed by atoms with E-state index in [4.69, 9.17) is 4.74 Å². The van der Waals surface area contributed by atoms with Crippen LogP contribution in [0.4, 0.5) is 16.2 Å². The molecule has 0 radical (unpaired) electrons. The first kappa shape index (κ1) is 24.5. The molecule has 0 saturated carbocycles. The molecule has 0 heterocycles. The fourth-order valence-corrected chi connectivity index (χ4v) is 3.43. The van der Waals surface area contributed by atoms with Crippen molar-refractivity contribution < 1.29 is 19.4 Å². The lowest BCUT2D eigenvalue weighted by atomic mass is 10.0. The Bertz CT molecular complexity index is 1210. The van der Waals surface area contributed by atoms with E-state index in [-0.39, 0.29) is 17.8 Å². The summed E-state index contributed by atoms with van der Waals surface area (Å²) in [6, 6.07) is 15.0. The van der Waals surface area contributed by atoms with Crippen LogP contribution in [0.25, 0.3) is 0 Å². The molecule has 1 unspecified atom stereocenters. The van der Waals surface area contributed by atoms with Crippen LogP contribution in [-0.4, -0.2) is 55.8 Å². The van der Waals surface area contributed by atoms with Gasteiger partial charge in [0.15, 0.2) is 0 Å². The van der Waals surface area contributed by atoms with Gasteiger partial charge in [0.05, 0.1) is 0 Å². The van der Waals surface area contributed by atoms with Crippen LogP contribution in [0.3, 0.4) is 0 Å². The molecule has 9 nitrogen and oxygen atoms in total. The second-order valence-corrected chi connectivity index (χ2v) is 8.18. The average molecular weight is 466 g/mol. The zero-order valence-corrected chi connectivity index (χ0v) is 19.3. The van der Waals surface area contributed by atoms with Gasteiger partial charge in [-0.1, -0.05) is 42.5 Å². The number of amides is 1. The summed E-state index contributed by atoms with van der Waals surface area (Å²) in [6.07, 6.45) is 0.202.